The first-order valence-corrected chi connectivity index (χ1v) is 4.55. The Morgan fingerprint density at radius 1 is 1.56 bits per heavy atom. The number of carboxylic acid groups (broad SMARTS) is 1. The maximum absolute atomic E-state index is 13.3. The van der Waals surface area contributed by atoms with E-state index in [-0.39, 0.29) is 24.2 Å². The average Bonchev–Trinajstić information content (AvgIpc) is 2.17. The van der Waals surface area contributed by atoms with E-state index in [4.69, 9.17) is 15.6 Å². The fourth-order valence-corrected chi connectivity index (χ4v) is 1.66. The summed E-state index contributed by atoms with van der Waals surface area (Å²) in [5, 5.41) is 8.85. The van der Waals surface area contributed by atoms with Gasteiger partial charge >= 0.3 is 5.97 Å². The van der Waals surface area contributed by atoms with Crippen molar-refractivity contribution in [2.75, 3.05) is 6.61 Å². The topological polar surface area (TPSA) is 72.5 Å². The van der Waals surface area contributed by atoms with Gasteiger partial charge in [0.25, 0.3) is 0 Å². The molecule has 0 fully saturated rings. The molecule has 1 aromatic carbocycles. The summed E-state index contributed by atoms with van der Waals surface area (Å²) in [4.78, 5) is 10.8. The highest BCUT2D eigenvalue weighted by Crippen LogP contribution is 2.34. The summed E-state index contributed by atoms with van der Waals surface area (Å²) in [5.74, 6) is -2.06. The third-order valence-electron chi connectivity index (χ3n) is 2.43. The SMILES string of the molecule is Cl.N[C@@H]1CCOc2c1ccc(F)c2C(=O)O. The lowest BCUT2D eigenvalue weighted by molar-refractivity contribution is 0.0685. The minimum Gasteiger partial charge on any atom is -0.492 e. The zero-order valence-electron chi connectivity index (χ0n) is 8.27. The quantitative estimate of drug-likeness (QED) is 0.793. The molecule has 1 aliphatic heterocycles. The van der Waals surface area contributed by atoms with Crippen LogP contribution in [-0.4, -0.2) is 17.7 Å². The van der Waals surface area contributed by atoms with Crippen molar-refractivity contribution in [1.82, 2.24) is 0 Å². The normalized spacial score (nSPS) is 18.0. The highest BCUT2D eigenvalue weighted by Gasteiger charge is 2.26. The molecule has 0 saturated carbocycles. The van der Waals surface area contributed by atoms with Crippen molar-refractivity contribution in [3.05, 3.63) is 29.1 Å². The van der Waals surface area contributed by atoms with E-state index in [0.29, 0.717) is 18.6 Å². The monoisotopic (exact) mass is 247 g/mol. The van der Waals surface area contributed by atoms with Crippen LogP contribution in [0.4, 0.5) is 4.39 Å². The Balaban J connectivity index is 0.00000128. The molecule has 88 valence electrons. The van der Waals surface area contributed by atoms with E-state index in [1.807, 2.05) is 0 Å². The molecule has 0 spiro atoms. The molecule has 0 aromatic heterocycles. The second-order valence-electron chi connectivity index (χ2n) is 3.39. The van der Waals surface area contributed by atoms with Crippen molar-refractivity contribution in [2.24, 2.45) is 5.73 Å². The Bertz CT molecular complexity index is 425. The summed E-state index contributed by atoms with van der Waals surface area (Å²) in [6.07, 6.45) is 0.609. The first kappa shape index (κ1) is 12.7. The lowest BCUT2D eigenvalue weighted by atomic mass is 9.98. The number of halogens is 2. The van der Waals surface area contributed by atoms with Crippen molar-refractivity contribution < 1.29 is 19.0 Å². The number of carbonyl (C=O) groups is 1. The molecule has 1 aromatic rings. The molecule has 0 unspecified atom stereocenters. The Morgan fingerprint density at radius 2 is 2.25 bits per heavy atom. The molecule has 0 amide bonds. The summed E-state index contributed by atoms with van der Waals surface area (Å²) in [7, 11) is 0. The minimum atomic E-state index is -1.33. The molecule has 2 rings (SSSR count). The molecule has 4 nitrogen and oxygen atoms in total. The number of benzene rings is 1. The van der Waals surface area contributed by atoms with Crippen LogP contribution in [0.25, 0.3) is 0 Å². The fourth-order valence-electron chi connectivity index (χ4n) is 1.66. The summed E-state index contributed by atoms with van der Waals surface area (Å²) >= 11 is 0. The molecule has 16 heavy (non-hydrogen) atoms. The molecule has 0 bridgehead atoms. The molecule has 0 radical (unpaired) electrons. The molecule has 3 N–H and O–H groups in total. The van der Waals surface area contributed by atoms with Crippen LogP contribution >= 0.6 is 12.4 Å². The van der Waals surface area contributed by atoms with Crippen LogP contribution in [0, 0.1) is 5.82 Å². The molecule has 6 heteroatoms. The van der Waals surface area contributed by atoms with Gasteiger partial charge in [-0.2, -0.15) is 0 Å². The lowest BCUT2D eigenvalue weighted by Crippen LogP contribution is -2.22. The fraction of sp³-hybridized carbons (Fsp3) is 0.300. The third kappa shape index (κ3) is 1.96. The highest BCUT2D eigenvalue weighted by atomic mass is 35.5. The third-order valence-corrected chi connectivity index (χ3v) is 2.43. The largest absolute Gasteiger partial charge is 0.492 e. The van der Waals surface area contributed by atoms with Gasteiger partial charge < -0.3 is 15.6 Å². The number of nitrogens with two attached hydrogens (primary N) is 1. The number of aromatic carboxylic acids is 1. The summed E-state index contributed by atoms with van der Waals surface area (Å²) in [5.41, 5.74) is 5.90. The number of rotatable bonds is 1. The van der Waals surface area contributed by atoms with Crippen LogP contribution in [0.15, 0.2) is 12.1 Å². The van der Waals surface area contributed by atoms with Crippen LogP contribution in [0.3, 0.4) is 0 Å². The van der Waals surface area contributed by atoms with E-state index in [0.717, 1.165) is 6.07 Å². The van der Waals surface area contributed by atoms with Gasteiger partial charge in [-0.25, -0.2) is 9.18 Å². The molecule has 1 atom stereocenters. The van der Waals surface area contributed by atoms with Crippen LogP contribution in [-0.2, 0) is 0 Å². The Morgan fingerprint density at radius 3 is 2.88 bits per heavy atom. The Kier molecular flexibility index (Phi) is 3.72. The van der Waals surface area contributed by atoms with Gasteiger partial charge in [-0.15, -0.1) is 12.4 Å². The number of carboxylic acids is 1. The van der Waals surface area contributed by atoms with Gasteiger partial charge in [0.1, 0.15) is 17.1 Å². The number of hydrogen-bond donors (Lipinski definition) is 2. The smallest absolute Gasteiger partial charge is 0.342 e. The van der Waals surface area contributed by atoms with Crippen LogP contribution < -0.4 is 10.5 Å². The predicted molar refractivity (Wildman–Crippen MR) is 57.6 cm³/mol. The predicted octanol–water partition coefficient (Wildman–Crippen LogP) is 1.73. The zero-order chi connectivity index (χ0) is 11.0. The molecule has 0 aliphatic carbocycles. The van der Waals surface area contributed by atoms with Crippen molar-refractivity contribution >= 4 is 18.4 Å². The van der Waals surface area contributed by atoms with E-state index >= 15 is 0 Å². The van der Waals surface area contributed by atoms with Gasteiger partial charge in [0.15, 0.2) is 0 Å². The summed E-state index contributed by atoms with van der Waals surface area (Å²) in [6.45, 7) is 0.317. The van der Waals surface area contributed by atoms with Gasteiger partial charge in [0, 0.05) is 18.0 Å². The van der Waals surface area contributed by atoms with E-state index in [1.54, 1.807) is 0 Å². The summed E-state index contributed by atoms with van der Waals surface area (Å²) < 4.78 is 18.4. The molecular weight excluding hydrogens is 237 g/mol. The first-order chi connectivity index (χ1) is 7.11. The number of fused-ring (bicyclic) bond motifs is 1. The summed E-state index contributed by atoms with van der Waals surface area (Å²) in [6, 6.07) is 2.30. The van der Waals surface area contributed by atoms with Gasteiger partial charge in [0.2, 0.25) is 0 Å². The Labute approximate surface area is 97.6 Å². The average molecular weight is 248 g/mol. The molecular formula is C10H11ClFNO3. The molecule has 0 saturated heterocycles. The number of hydrogen-bond acceptors (Lipinski definition) is 3. The Hall–Kier alpha value is -1.33. The first-order valence-electron chi connectivity index (χ1n) is 4.55. The van der Waals surface area contributed by atoms with Crippen molar-refractivity contribution in [3.8, 4) is 5.75 Å². The molecule has 1 aliphatic rings. The van der Waals surface area contributed by atoms with Crippen molar-refractivity contribution in [1.29, 1.82) is 0 Å². The van der Waals surface area contributed by atoms with E-state index < -0.39 is 17.3 Å². The van der Waals surface area contributed by atoms with Gasteiger partial charge in [-0.1, -0.05) is 6.07 Å². The van der Waals surface area contributed by atoms with Crippen LogP contribution in [0.1, 0.15) is 28.4 Å². The van der Waals surface area contributed by atoms with Gasteiger partial charge in [0.05, 0.1) is 6.61 Å². The highest BCUT2D eigenvalue weighted by molar-refractivity contribution is 5.92. The van der Waals surface area contributed by atoms with Crippen LogP contribution in [0.2, 0.25) is 0 Å². The number of ether oxygens (including phenoxy) is 1. The molecule has 1 heterocycles. The van der Waals surface area contributed by atoms with E-state index in [1.165, 1.54) is 6.07 Å². The zero-order valence-corrected chi connectivity index (χ0v) is 9.09. The standard InChI is InChI=1S/C10H10FNO3.ClH/c11-6-2-1-5-7(12)3-4-15-9(5)8(6)10(13)14;/h1-2,7H,3-4,12H2,(H,13,14);1H/t7-;/m1./s1. The van der Waals surface area contributed by atoms with E-state index in [2.05, 4.69) is 0 Å². The van der Waals surface area contributed by atoms with Crippen molar-refractivity contribution in [2.45, 2.75) is 12.5 Å². The van der Waals surface area contributed by atoms with Gasteiger partial charge in [-0.3, -0.25) is 0 Å². The van der Waals surface area contributed by atoms with Gasteiger partial charge in [-0.05, 0) is 6.07 Å². The second-order valence-corrected chi connectivity index (χ2v) is 3.39. The van der Waals surface area contributed by atoms with Crippen molar-refractivity contribution in [3.63, 3.8) is 0 Å². The van der Waals surface area contributed by atoms with E-state index in [9.17, 15) is 9.18 Å². The van der Waals surface area contributed by atoms with Crippen LogP contribution in [0.5, 0.6) is 5.75 Å². The minimum absolute atomic E-state index is 0. The second kappa shape index (κ2) is 4.67. The lowest BCUT2D eigenvalue weighted by Gasteiger charge is -2.24. The maximum Gasteiger partial charge on any atom is 0.342 e. The maximum atomic E-state index is 13.3.